The van der Waals surface area contributed by atoms with Gasteiger partial charge >= 0.3 is 0 Å². The Labute approximate surface area is 143 Å². The maximum atomic E-state index is 11.6. The van der Waals surface area contributed by atoms with Crippen LogP contribution in [-0.4, -0.2) is 30.6 Å². The highest BCUT2D eigenvalue weighted by Crippen LogP contribution is 2.23. The molecule has 0 aliphatic heterocycles. The number of benzene rings is 1. The fraction of sp³-hybridized carbons (Fsp3) is 0.474. The maximum absolute atomic E-state index is 11.6. The third-order valence-electron chi connectivity index (χ3n) is 3.78. The summed E-state index contributed by atoms with van der Waals surface area (Å²) in [6, 6.07) is 8.02. The quantitative estimate of drug-likeness (QED) is 0.689. The number of aromatic nitrogens is 1. The van der Waals surface area contributed by atoms with Gasteiger partial charge in [0, 0.05) is 24.9 Å². The fourth-order valence-electron chi connectivity index (χ4n) is 2.50. The largest absolute Gasteiger partial charge is 0.494 e. The standard InChI is InChI=1S/C19H27N3O2/c1-4-6-7-18(23)20-10-11-21-19-14(3)12-15-13-16(24-5-2)8-9-17(15)22-19/h8-9,12-13H,4-7,10-11H2,1-3H3,(H,20,23)(H,21,22). The highest BCUT2D eigenvalue weighted by Gasteiger charge is 2.05. The minimum atomic E-state index is 0.116. The second-order valence-electron chi connectivity index (χ2n) is 5.82. The molecule has 0 saturated heterocycles. The van der Waals surface area contributed by atoms with Gasteiger partial charge in [-0.3, -0.25) is 4.79 Å². The first kappa shape index (κ1) is 18.0. The predicted octanol–water partition coefficient (Wildman–Crippen LogP) is 3.66. The van der Waals surface area contributed by atoms with E-state index in [1.54, 1.807) is 0 Å². The topological polar surface area (TPSA) is 63.2 Å². The van der Waals surface area contributed by atoms with Gasteiger partial charge in [-0.05, 0) is 50.1 Å². The lowest BCUT2D eigenvalue weighted by Gasteiger charge is -2.11. The van der Waals surface area contributed by atoms with Crippen LogP contribution < -0.4 is 15.4 Å². The van der Waals surface area contributed by atoms with E-state index >= 15 is 0 Å². The molecule has 130 valence electrons. The van der Waals surface area contributed by atoms with E-state index in [9.17, 15) is 4.79 Å². The number of carbonyl (C=O) groups is 1. The molecule has 2 aromatic rings. The molecule has 0 saturated carbocycles. The highest BCUT2D eigenvalue weighted by atomic mass is 16.5. The Bertz CT molecular complexity index is 686. The summed E-state index contributed by atoms with van der Waals surface area (Å²) in [6.07, 6.45) is 2.58. The average Bonchev–Trinajstić information content (AvgIpc) is 2.57. The van der Waals surface area contributed by atoms with Gasteiger partial charge in [0.15, 0.2) is 0 Å². The average molecular weight is 329 g/mol. The normalized spacial score (nSPS) is 10.6. The second-order valence-corrected chi connectivity index (χ2v) is 5.82. The number of hydrogen-bond acceptors (Lipinski definition) is 4. The number of anilines is 1. The Hall–Kier alpha value is -2.30. The Morgan fingerprint density at radius 2 is 2.04 bits per heavy atom. The van der Waals surface area contributed by atoms with Crippen molar-refractivity contribution in [2.75, 3.05) is 25.0 Å². The van der Waals surface area contributed by atoms with Crippen LogP contribution in [0.4, 0.5) is 5.82 Å². The summed E-state index contributed by atoms with van der Waals surface area (Å²) in [5.74, 6) is 1.83. The summed E-state index contributed by atoms with van der Waals surface area (Å²) in [7, 11) is 0. The maximum Gasteiger partial charge on any atom is 0.220 e. The number of aryl methyl sites for hydroxylation is 1. The number of unbranched alkanes of at least 4 members (excludes halogenated alkanes) is 1. The lowest BCUT2D eigenvalue weighted by atomic mass is 10.1. The first-order valence-electron chi connectivity index (χ1n) is 8.68. The van der Waals surface area contributed by atoms with Crippen LogP contribution in [0.1, 0.15) is 38.7 Å². The molecule has 24 heavy (non-hydrogen) atoms. The number of pyridine rings is 1. The van der Waals surface area contributed by atoms with E-state index in [4.69, 9.17) is 4.74 Å². The molecule has 1 aromatic heterocycles. The van der Waals surface area contributed by atoms with Crippen molar-refractivity contribution in [3.05, 3.63) is 29.8 Å². The molecular weight excluding hydrogens is 302 g/mol. The number of amides is 1. The molecule has 5 heteroatoms. The number of carbonyl (C=O) groups excluding carboxylic acids is 1. The molecule has 0 spiro atoms. The number of ether oxygens (including phenoxy) is 1. The first-order valence-corrected chi connectivity index (χ1v) is 8.68. The predicted molar refractivity (Wildman–Crippen MR) is 98.7 cm³/mol. The van der Waals surface area contributed by atoms with Crippen LogP contribution in [-0.2, 0) is 4.79 Å². The molecule has 1 aromatic carbocycles. The van der Waals surface area contributed by atoms with Crippen molar-refractivity contribution in [3.63, 3.8) is 0 Å². The van der Waals surface area contributed by atoms with E-state index in [0.717, 1.165) is 40.9 Å². The summed E-state index contributed by atoms with van der Waals surface area (Å²) >= 11 is 0. The Kier molecular flexibility index (Phi) is 6.85. The molecule has 0 unspecified atom stereocenters. The van der Waals surface area contributed by atoms with Crippen LogP contribution in [0.15, 0.2) is 24.3 Å². The monoisotopic (exact) mass is 329 g/mol. The van der Waals surface area contributed by atoms with Crippen molar-refractivity contribution >= 4 is 22.6 Å². The molecule has 1 amide bonds. The molecule has 0 bridgehead atoms. The Morgan fingerprint density at radius 3 is 2.79 bits per heavy atom. The summed E-state index contributed by atoms with van der Waals surface area (Å²) in [5.41, 5.74) is 2.01. The van der Waals surface area contributed by atoms with E-state index in [2.05, 4.69) is 28.6 Å². The SMILES string of the molecule is CCCCC(=O)NCCNc1nc2ccc(OCC)cc2cc1C. The van der Waals surface area contributed by atoms with E-state index in [-0.39, 0.29) is 5.91 Å². The van der Waals surface area contributed by atoms with Crippen molar-refractivity contribution in [2.45, 2.75) is 40.0 Å². The number of hydrogen-bond donors (Lipinski definition) is 2. The van der Waals surface area contributed by atoms with Crippen molar-refractivity contribution < 1.29 is 9.53 Å². The summed E-state index contributed by atoms with van der Waals surface area (Å²) in [5, 5.41) is 7.29. The van der Waals surface area contributed by atoms with Crippen LogP contribution in [0, 0.1) is 6.92 Å². The second kappa shape index (κ2) is 9.11. The van der Waals surface area contributed by atoms with Gasteiger partial charge in [0.25, 0.3) is 0 Å². The number of rotatable bonds is 9. The molecule has 0 fully saturated rings. The minimum absolute atomic E-state index is 0.116. The number of nitrogens with one attached hydrogen (secondary N) is 2. The van der Waals surface area contributed by atoms with Gasteiger partial charge in [-0.15, -0.1) is 0 Å². The lowest BCUT2D eigenvalue weighted by Crippen LogP contribution is -2.28. The molecule has 2 rings (SSSR count). The zero-order valence-electron chi connectivity index (χ0n) is 14.8. The number of fused-ring (bicyclic) bond motifs is 1. The van der Waals surface area contributed by atoms with Crippen molar-refractivity contribution in [2.24, 2.45) is 0 Å². The van der Waals surface area contributed by atoms with Crippen molar-refractivity contribution in [1.82, 2.24) is 10.3 Å². The van der Waals surface area contributed by atoms with Crippen LogP contribution >= 0.6 is 0 Å². The summed E-state index contributed by atoms with van der Waals surface area (Å²) < 4.78 is 5.53. The van der Waals surface area contributed by atoms with E-state index in [1.807, 2.05) is 32.0 Å². The smallest absolute Gasteiger partial charge is 0.220 e. The summed E-state index contributed by atoms with van der Waals surface area (Å²) in [6.45, 7) is 8.00. The first-order chi connectivity index (χ1) is 11.6. The molecule has 1 heterocycles. The molecule has 0 atom stereocenters. The van der Waals surface area contributed by atoms with Gasteiger partial charge in [-0.1, -0.05) is 13.3 Å². The molecule has 2 N–H and O–H groups in total. The van der Waals surface area contributed by atoms with Gasteiger partial charge in [0.1, 0.15) is 11.6 Å². The zero-order chi connectivity index (χ0) is 17.4. The van der Waals surface area contributed by atoms with Gasteiger partial charge in [0.2, 0.25) is 5.91 Å². The minimum Gasteiger partial charge on any atom is -0.494 e. The van der Waals surface area contributed by atoms with Gasteiger partial charge in [0.05, 0.1) is 12.1 Å². The summed E-state index contributed by atoms with van der Waals surface area (Å²) in [4.78, 5) is 16.2. The third-order valence-corrected chi connectivity index (χ3v) is 3.78. The van der Waals surface area contributed by atoms with E-state index in [1.165, 1.54) is 0 Å². The van der Waals surface area contributed by atoms with Crippen LogP contribution in [0.2, 0.25) is 0 Å². The lowest BCUT2D eigenvalue weighted by molar-refractivity contribution is -0.121. The Balaban J connectivity index is 1.93. The highest BCUT2D eigenvalue weighted by molar-refractivity contribution is 5.83. The molecule has 0 aliphatic rings. The van der Waals surface area contributed by atoms with Gasteiger partial charge in [-0.2, -0.15) is 0 Å². The molecule has 5 nitrogen and oxygen atoms in total. The van der Waals surface area contributed by atoms with Crippen LogP contribution in [0.3, 0.4) is 0 Å². The molecular formula is C19H27N3O2. The Morgan fingerprint density at radius 1 is 1.21 bits per heavy atom. The van der Waals surface area contributed by atoms with E-state index in [0.29, 0.717) is 26.1 Å². The fourth-order valence-corrected chi connectivity index (χ4v) is 2.50. The number of nitrogens with zero attached hydrogens (tertiary/aromatic N) is 1. The molecule has 0 aliphatic carbocycles. The van der Waals surface area contributed by atoms with Crippen molar-refractivity contribution in [3.8, 4) is 5.75 Å². The molecule has 0 radical (unpaired) electrons. The van der Waals surface area contributed by atoms with Crippen LogP contribution in [0.5, 0.6) is 5.75 Å². The third kappa shape index (κ3) is 5.11. The van der Waals surface area contributed by atoms with Gasteiger partial charge < -0.3 is 15.4 Å². The van der Waals surface area contributed by atoms with E-state index < -0.39 is 0 Å². The van der Waals surface area contributed by atoms with Crippen LogP contribution in [0.25, 0.3) is 10.9 Å². The van der Waals surface area contributed by atoms with Gasteiger partial charge in [-0.25, -0.2) is 4.98 Å². The van der Waals surface area contributed by atoms with Crippen molar-refractivity contribution in [1.29, 1.82) is 0 Å². The zero-order valence-corrected chi connectivity index (χ0v) is 14.8.